The molecule has 0 atom stereocenters. The van der Waals surface area contributed by atoms with Gasteiger partial charge >= 0.3 is 0 Å². The van der Waals surface area contributed by atoms with Gasteiger partial charge in [0, 0.05) is 11.4 Å². The lowest BCUT2D eigenvalue weighted by Crippen LogP contribution is -2.25. The van der Waals surface area contributed by atoms with E-state index in [4.69, 9.17) is 14.6 Å². The van der Waals surface area contributed by atoms with E-state index in [1.165, 1.54) is 18.2 Å². The van der Waals surface area contributed by atoms with Crippen molar-refractivity contribution in [2.75, 3.05) is 12.4 Å². The second-order valence-corrected chi connectivity index (χ2v) is 6.54. The summed E-state index contributed by atoms with van der Waals surface area (Å²) < 4.78 is 24.5. The Labute approximate surface area is 154 Å². The molecule has 0 aliphatic rings. The monoisotopic (exact) mass is 373 g/mol. The van der Waals surface area contributed by atoms with Crippen molar-refractivity contribution >= 4 is 28.5 Å². The molecule has 3 aromatic rings. The van der Waals surface area contributed by atoms with Gasteiger partial charge in [-0.1, -0.05) is 0 Å². The Morgan fingerprint density at radius 3 is 2.63 bits per heavy atom. The van der Waals surface area contributed by atoms with E-state index in [1.807, 2.05) is 20.9 Å². The number of hydrogen-bond donors (Lipinski definition) is 2. The number of benzene rings is 1. The summed E-state index contributed by atoms with van der Waals surface area (Å²) in [6, 6.07) is 7.26. The number of primary amides is 1. The Kier molecular flexibility index (Phi) is 5.00. The van der Waals surface area contributed by atoms with E-state index in [-0.39, 0.29) is 28.2 Å². The minimum absolute atomic E-state index is 0.0132. The molecule has 0 saturated heterocycles. The Morgan fingerprint density at radius 2 is 1.96 bits per heavy atom. The van der Waals surface area contributed by atoms with Crippen LogP contribution in [0.5, 0.6) is 0 Å². The molecule has 2 heterocycles. The highest BCUT2D eigenvalue weighted by Gasteiger charge is 2.23. The molecule has 0 aliphatic heterocycles. The molecule has 0 unspecified atom stereocenters. The Morgan fingerprint density at radius 1 is 1.22 bits per heavy atom. The SMILES string of the molecule is CC(C)N(C)Cc1ccc(C(=O)Nc2c(C(N)=O)oc3ccc(F)cc23)o1. The van der Waals surface area contributed by atoms with Crippen molar-refractivity contribution in [3.8, 4) is 0 Å². The van der Waals surface area contributed by atoms with Crippen molar-refractivity contribution in [1.82, 2.24) is 4.90 Å². The van der Waals surface area contributed by atoms with Crippen molar-refractivity contribution in [1.29, 1.82) is 0 Å². The van der Waals surface area contributed by atoms with E-state index in [0.717, 1.165) is 6.07 Å². The van der Waals surface area contributed by atoms with Gasteiger partial charge in [-0.2, -0.15) is 0 Å². The summed E-state index contributed by atoms with van der Waals surface area (Å²) in [5.74, 6) is -1.58. The summed E-state index contributed by atoms with van der Waals surface area (Å²) in [7, 11) is 1.94. The van der Waals surface area contributed by atoms with Crippen LogP contribution in [0.25, 0.3) is 11.0 Å². The predicted octanol–water partition coefficient (Wildman–Crippen LogP) is 3.36. The van der Waals surface area contributed by atoms with E-state index < -0.39 is 17.6 Å². The average molecular weight is 373 g/mol. The molecule has 27 heavy (non-hydrogen) atoms. The first-order chi connectivity index (χ1) is 12.8. The van der Waals surface area contributed by atoms with Crippen molar-refractivity contribution in [2.45, 2.75) is 26.4 Å². The maximum Gasteiger partial charge on any atom is 0.291 e. The molecule has 3 N–H and O–H groups in total. The third-order valence-electron chi connectivity index (χ3n) is 4.28. The first-order valence-corrected chi connectivity index (χ1v) is 8.38. The molecule has 0 spiro atoms. The normalized spacial score (nSPS) is 11.5. The number of fused-ring (bicyclic) bond motifs is 1. The van der Waals surface area contributed by atoms with Crippen LogP contribution in [0, 0.1) is 5.82 Å². The van der Waals surface area contributed by atoms with Gasteiger partial charge in [0.25, 0.3) is 11.8 Å². The lowest BCUT2D eigenvalue weighted by atomic mass is 10.2. The molecule has 1 aromatic carbocycles. The standard InChI is InChI=1S/C19H20FN3O4/c1-10(2)23(3)9-12-5-7-15(26-12)19(25)22-16-13-8-11(20)4-6-14(13)27-17(16)18(21)24/h4-8,10H,9H2,1-3H3,(H2,21,24)(H,22,25). The van der Waals surface area contributed by atoms with Crippen molar-refractivity contribution in [3.63, 3.8) is 0 Å². The van der Waals surface area contributed by atoms with Crippen LogP contribution in [-0.4, -0.2) is 29.8 Å². The average Bonchev–Trinajstić information content (AvgIpc) is 3.20. The number of nitrogens with two attached hydrogens (primary N) is 1. The zero-order valence-electron chi connectivity index (χ0n) is 15.2. The molecular weight excluding hydrogens is 353 g/mol. The van der Waals surface area contributed by atoms with Gasteiger partial charge in [0.05, 0.1) is 6.54 Å². The van der Waals surface area contributed by atoms with Crippen LogP contribution < -0.4 is 11.1 Å². The van der Waals surface area contributed by atoms with Gasteiger partial charge < -0.3 is 19.9 Å². The fraction of sp³-hybridized carbons (Fsp3) is 0.263. The third-order valence-corrected chi connectivity index (χ3v) is 4.28. The van der Waals surface area contributed by atoms with Gasteiger partial charge in [-0.3, -0.25) is 14.5 Å². The highest BCUT2D eigenvalue weighted by Crippen LogP contribution is 2.31. The number of carbonyl (C=O) groups is 2. The molecule has 0 fully saturated rings. The summed E-state index contributed by atoms with van der Waals surface area (Å²) >= 11 is 0. The van der Waals surface area contributed by atoms with Gasteiger partial charge in [-0.25, -0.2) is 4.39 Å². The molecular formula is C19H20FN3O4. The first-order valence-electron chi connectivity index (χ1n) is 8.38. The summed E-state index contributed by atoms with van der Waals surface area (Å²) in [5, 5.41) is 2.78. The van der Waals surface area contributed by atoms with E-state index in [1.54, 1.807) is 6.07 Å². The zero-order chi connectivity index (χ0) is 19.7. The summed E-state index contributed by atoms with van der Waals surface area (Å²) in [5.41, 5.74) is 5.56. The molecule has 7 nitrogen and oxygen atoms in total. The number of hydrogen-bond acceptors (Lipinski definition) is 5. The van der Waals surface area contributed by atoms with Crippen molar-refractivity contribution in [3.05, 3.63) is 53.4 Å². The quantitative estimate of drug-likeness (QED) is 0.690. The number of furan rings is 2. The lowest BCUT2D eigenvalue weighted by molar-refractivity contribution is 0.0977. The third kappa shape index (κ3) is 3.85. The molecule has 0 bridgehead atoms. The largest absolute Gasteiger partial charge is 0.455 e. The zero-order valence-corrected chi connectivity index (χ0v) is 15.2. The number of anilines is 1. The molecule has 3 rings (SSSR count). The number of nitrogens with zero attached hydrogens (tertiary/aromatic N) is 1. The number of amides is 2. The Hall–Kier alpha value is -3.13. The van der Waals surface area contributed by atoms with Crippen molar-refractivity contribution in [2.24, 2.45) is 5.73 Å². The summed E-state index contributed by atoms with van der Waals surface area (Å²) in [6.07, 6.45) is 0. The van der Waals surface area contributed by atoms with Crippen LogP contribution >= 0.6 is 0 Å². The Bertz CT molecular complexity index is 1010. The van der Waals surface area contributed by atoms with Gasteiger partial charge in [0.2, 0.25) is 5.76 Å². The van der Waals surface area contributed by atoms with Crippen LogP contribution in [0.3, 0.4) is 0 Å². The molecule has 2 aromatic heterocycles. The van der Waals surface area contributed by atoms with Crippen LogP contribution in [0.1, 0.15) is 40.7 Å². The van der Waals surface area contributed by atoms with Gasteiger partial charge in [-0.05, 0) is 51.2 Å². The fourth-order valence-corrected chi connectivity index (χ4v) is 2.56. The van der Waals surface area contributed by atoms with Gasteiger partial charge in [0.15, 0.2) is 5.76 Å². The highest BCUT2D eigenvalue weighted by molar-refractivity contribution is 6.13. The van der Waals surface area contributed by atoms with E-state index in [2.05, 4.69) is 10.2 Å². The van der Waals surface area contributed by atoms with Crippen LogP contribution in [-0.2, 0) is 6.54 Å². The highest BCUT2D eigenvalue weighted by atomic mass is 19.1. The second-order valence-electron chi connectivity index (χ2n) is 6.54. The number of nitrogens with one attached hydrogen (secondary N) is 1. The maximum absolute atomic E-state index is 13.6. The first kappa shape index (κ1) is 18.7. The topological polar surface area (TPSA) is 102 Å². The van der Waals surface area contributed by atoms with E-state index >= 15 is 0 Å². The second kappa shape index (κ2) is 7.24. The van der Waals surface area contributed by atoms with Crippen LogP contribution in [0.4, 0.5) is 10.1 Å². The molecule has 0 aliphatic carbocycles. The van der Waals surface area contributed by atoms with E-state index in [0.29, 0.717) is 18.3 Å². The van der Waals surface area contributed by atoms with Crippen LogP contribution in [0.2, 0.25) is 0 Å². The van der Waals surface area contributed by atoms with Gasteiger partial charge in [0.1, 0.15) is 22.8 Å². The smallest absolute Gasteiger partial charge is 0.291 e. The number of rotatable bonds is 6. The minimum atomic E-state index is -0.874. The Balaban J connectivity index is 1.88. The van der Waals surface area contributed by atoms with Gasteiger partial charge in [-0.15, -0.1) is 0 Å². The minimum Gasteiger partial charge on any atom is -0.455 e. The summed E-state index contributed by atoms with van der Waals surface area (Å²) in [6.45, 7) is 4.63. The molecule has 8 heteroatoms. The molecule has 0 radical (unpaired) electrons. The molecule has 0 saturated carbocycles. The van der Waals surface area contributed by atoms with Crippen molar-refractivity contribution < 1.29 is 22.8 Å². The number of halogens is 1. The van der Waals surface area contributed by atoms with E-state index in [9.17, 15) is 14.0 Å². The lowest BCUT2D eigenvalue weighted by Gasteiger charge is -2.19. The maximum atomic E-state index is 13.6. The predicted molar refractivity (Wildman–Crippen MR) is 98.0 cm³/mol. The van der Waals surface area contributed by atoms with Crippen LogP contribution in [0.15, 0.2) is 39.2 Å². The fourth-order valence-electron chi connectivity index (χ4n) is 2.56. The number of carbonyl (C=O) groups excluding carboxylic acids is 2. The summed E-state index contributed by atoms with van der Waals surface area (Å²) in [4.78, 5) is 26.2. The molecule has 142 valence electrons. The molecule has 2 amide bonds.